The quantitative estimate of drug-likeness (QED) is 0.167. The summed E-state index contributed by atoms with van der Waals surface area (Å²) >= 11 is 0. The van der Waals surface area contributed by atoms with E-state index in [0.717, 1.165) is 116 Å². The second-order valence-corrected chi connectivity index (χ2v) is 14.9. The lowest BCUT2D eigenvalue weighted by Crippen LogP contribution is -2.27. The van der Waals surface area contributed by atoms with Crippen molar-refractivity contribution in [1.82, 2.24) is 9.88 Å². The van der Waals surface area contributed by atoms with Crippen LogP contribution in [0.15, 0.2) is 135 Å². The van der Waals surface area contributed by atoms with Crippen LogP contribution in [0, 0.1) is 12.1 Å². The van der Waals surface area contributed by atoms with Gasteiger partial charge in [-0.15, -0.1) is 0 Å². The molecule has 4 heterocycles. The fourth-order valence-electron chi connectivity index (χ4n) is 8.68. The fourth-order valence-corrected chi connectivity index (χ4v) is 8.68. The molecule has 0 fully saturated rings. The topological polar surface area (TPSA) is 55.6 Å². The standard InChI is InChI=1S/C49H36N2O3/c1-51-26-8-9-34(29-51)49-50-46-42(33-24-22-32(23-25-33)37-13-7-15-41-39-11-3-5-17-44(39)53-48(37)41)27-35(28-45(46)54-49)30-18-20-31(21-19-30)36-12-6-14-40-38-10-2-4-16-43(38)52-47(36)40/h3-4,6-9,11-16,18-25,27,34-35H,5,17,26,28-29H2,1H3. The third-order valence-electron chi connectivity index (χ3n) is 11.4. The Morgan fingerprint density at radius 1 is 0.741 bits per heavy atom. The van der Waals surface area contributed by atoms with E-state index in [0.29, 0.717) is 0 Å². The summed E-state index contributed by atoms with van der Waals surface area (Å²) in [5, 5.41) is 3.20. The van der Waals surface area contributed by atoms with E-state index >= 15 is 0 Å². The molecule has 3 aromatic heterocycles. The predicted octanol–water partition coefficient (Wildman–Crippen LogP) is 11.6. The molecular formula is C49H36N2O3. The van der Waals surface area contributed by atoms with Gasteiger partial charge in [-0.05, 0) is 53.9 Å². The Bertz CT molecular complexity index is 2830. The maximum absolute atomic E-state index is 6.68. The van der Waals surface area contributed by atoms with E-state index in [1.165, 1.54) is 16.5 Å². The Kier molecular flexibility index (Phi) is 7.15. The zero-order chi connectivity index (χ0) is 35.8. The van der Waals surface area contributed by atoms with Crippen LogP contribution in [0.2, 0.25) is 0 Å². The molecule has 260 valence electrons. The minimum atomic E-state index is 0.120. The molecule has 0 N–H and O–H groups in total. The summed E-state index contributed by atoms with van der Waals surface area (Å²) in [6.45, 7) is 1.83. The molecule has 0 saturated carbocycles. The van der Waals surface area contributed by atoms with Crippen LogP contribution < -0.4 is 0 Å². The van der Waals surface area contributed by atoms with E-state index in [4.69, 9.17) is 18.2 Å². The number of likely N-dealkylation sites (N-methyl/N-ethyl adjacent to an activating group) is 1. The van der Waals surface area contributed by atoms with Crippen LogP contribution in [0.4, 0.5) is 0 Å². The number of aromatic nitrogens is 1. The molecule has 0 amide bonds. The van der Waals surface area contributed by atoms with E-state index in [1.807, 2.05) is 12.1 Å². The van der Waals surface area contributed by atoms with Crippen molar-refractivity contribution in [2.75, 3.05) is 20.1 Å². The Balaban J connectivity index is 0.968. The van der Waals surface area contributed by atoms with Crippen LogP contribution in [0.3, 0.4) is 0 Å². The van der Waals surface area contributed by atoms with Crippen LogP contribution in [0.25, 0.3) is 66.8 Å². The molecule has 5 aromatic carbocycles. The van der Waals surface area contributed by atoms with Gasteiger partial charge in [0.15, 0.2) is 0 Å². The Morgan fingerprint density at radius 3 is 2.31 bits per heavy atom. The molecule has 2 unspecified atom stereocenters. The van der Waals surface area contributed by atoms with E-state index in [-0.39, 0.29) is 11.8 Å². The Hall–Kier alpha value is -6.35. The molecule has 2 aliphatic carbocycles. The van der Waals surface area contributed by atoms with E-state index in [2.05, 4.69) is 139 Å². The number of hydrogen-bond acceptors (Lipinski definition) is 5. The summed E-state index contributed by atoms with van der Waals surface area (Å²) in [7, 11) is 2.15. The lowest BCUT2D eigenvalue weighted by Gasteiger charge is -2.22. The van der Waals surface area contributed by atoms with Gasteiger partial charge >= 0.3 is 0 Å². The average Bonchev–Trinajstić information content (AvgIpc) is 3.94. The minimum Gasteiger partial charge on any atom is -0.460 e. The molecule has 2 atom stereocenters. The highest BCUT2D eigenvalue weighted by Crippen LogP contribution is 2.42. The minimum absolute atomic E-state index is 0.120. The highest BCUT2D eigenvalue weighted by molar-refractivity contribution is 6.08. The zero-order valence-corrected chi connectivity index (χ0v) is 29.9. The molecule has 11 rings (SSSR count). The summed E-state index contributed by atoms with van der Waals surface area (Å²) < 4.78 is 19.5. The summed E-state index contributed by atoms with van der Waals surface area (Å²) in [5.74, 6) is 3.07. The van der Waals surface area contributed by atoms with Gasteiger partial charge in [0, 0.05) is 64.9 Å². The second-order valence-electron chi connectivity index (χ2n) is 14.9. The third-order valence-corrected chi connectivity index (χ3v) is 11.4. The smallest absolute Gasteiger partial charge is 0.203 e. The fraction of sp³-hybridized carbons (Fsp3) is 0.163. The highest BCUT2D eigenvalue weighted by Gasteiger charge is 2.30. The number of aryl methyl sites for hydroxylation is 1. The lowest BCUT2D eigenvalue weighted by molar-refractivity contribution is 0.316. The second kappa shape index (κ2) is 12.4. The van der Waals surface area contributed by atoms with E-state index in [9.17, 15) is 0 Å². The number of allylic oxidation sites excluding steroid dienone is 2. The predicted molar refractivity (Wildman–Crippen MR) is 215 cm³/mol. The first-order chi connectivity index (χ1) is 26.6. The van der Waals surface area contributed by atoms with Gasteiger partial charge in [-0.25, -0.2) is 4.98 Å². The zero-order valence-electron chi connectivity index (χ0n) is 29.9. The summed E-state index contributed by atoms with van der Waals surface area (Å²) in [6, 6.07) is 40.7. The molecule has 0 saturated heterocycles. The number of furan rings is 2. The van der Waals surface area contributed by atoms with Crippen LogP contribution >= 0.6 is 0 Å². The largest absolute Gasteiger partial charge is 0.460 e. The molecule has 0 radical (unpaired) electrons. The Morgan fingerprint density at radius 2 is 1.50 bits per heavy atom. The van der Waals surface area contributed by atoms with Gasteiger partial charge in [0.1, 0.15) is 34.0 Å². The van der Waals surface area contributed by atoms with Crippen LogP contribution in [0.1, 0.15) is 58.1 Å². The molecule has 0 spiro atoms. The number of benzene rings is 4. The van der Waals surface area contributed by atoms with Crippen molar-refractivity contribution < 1.29 is 13.3 Å². The van der Waals surface area contributed by atoms with E-state index in [1.54, 1.807) is 0 Å². The van der Waals surface area contributed by atoms with Gasteiger partial charge in [-0.1, -0.05) is 121 Å². The van der Waals surface area contributed by atoms with Gasteiger partial charge in [-0.3, -0.25) is 0 Å². The summed E-state index contributed by atoms with van der Waals surface area (Å²) in [5.41, 5.74) is 12.7. The van der Waals surface area contributed by atoms with Crippen molar-refractivity contribution in [2.24, 2.45) is 0 Å². The third kappa shape index (κ3) is 5.10. The van der Waals surface area contributed by atoms with Crippen molar-refractivity contribution in [1.29, 1.82) is 0 Å². The number of nitrogens with zero attached hydrogens (tertiary/aromatic N) is 2. The maximum atomic E-state index is 6.68. The van der Waals surface area contributed by atoms with Crippen molar-refractivity contribution in [2.45, 2.75) is 31.1 Å². The van der Waals surface area contributed by atoms with Crippen molar-refractivity contribution in [3.63, 3.8) is 0 Å². The first kappa shape index (κ1) is 31.2. The van der Waals surface area contributed by atoms with Crippen molar-refractivity contribution >= 4 is 44.6 Å². The number of fused-ring (bicyclic) bond motifs is 7. The number of hydrogen-bond donors (Lipinski definition) is 0. The molecule has 54 heavy (non-hydrogen) atoms. The van der Waals surface area contributed by atoms with Crippen LogP contribution in [0.5, 0.6) is 0 Å². The first-order valence-corrected chi connectivity index (χ1v) is 18.9. The lowest BCUT2D eigenvalue weighted by atomic mass is 9.83. The molecule has 3 aliphatic rings. The molecule has 5 nitrogen and oxygen atoms in total. The van der Waals surface area contributed by atoms with Gasteiger partial charge < -0.3 is 18.2 Å². The van der Waals surface area contributed by atoms with Crippen molar-refractivity contribution in [3.8, 4) is 22.3 Å². The summed E-state index contributed by atoms with van der Waals surface area (Å²) in [4.78, 5) is 7.51. The maximum Gasteiger partial charge on any atom is 0.203 e. The van der Waals surface area contributed by atoms with Gasteiger partial charge in [0.25, 0.3) is 0 Å². The summed E-state index contributed by atoms with van der Waals surface area (Å²) in [6.07, 6.45) is 14.0. The van der Waals surface area contributed by atoms with Crippen LogP contribution in [-0.2, 0) is 12.8 Å². The number of para-hydroxylation sites is 2. The van der Waals surface area contributed by atoms with Crippen LogP contribution in [-0.4, -0.2) is 30.0 Å². The SMILES string of the molecule is CN1CC=CC(c2nc3c(o2)CC(c2ccc(-c4cccc5c4oc4ccc#cc45)cc2)C=C3c2ccc(-c3cccc4c5c(oc34)CCC=C5)cc2)C1. The highest BCUT2D eigenvalue weighted by atomic mass is 16.4. The number of rotatable bonds is 5. The van der Waals surface area contributed by atoms with Gasteiger partial charge in [0.2, 0.25) is 5.89 Å². The number of oxazole rings is 1. The Labute approximate surface area is 313 Å². The van der Waals surface area contributed by atoms with Gasteiger partial charge in [0.05, 0.1) is 11.3 Å². The molecule has 1 aliphatic heterocycles. The normalized spacial score (nSPS) is 18.2. The average molecular weight is 701 g/mol. The van der Waals surface area contributed by atoms with Gasteiger partial charge in [-0.2, -0.15) is 0 Å². The van der Waals surface area contributed by atoms with E-state index < -0.39 is 0 Å². The molecule has 5 heteroatoms. The molecule has 8 aromatic rings. The first-order valence-electron chi connectivity index (χ1n) is 18.9. The monoisotopic (exact) mass is 700 g/mol. The molecule has 0 bridgehead atoms. The molecular weight excluding hydrogens is 665 g/mol. The van der Waals surface area contributed by atoms with Crippen molar-refractivity contribution in [3.05, 3.63) is 173 Å².